The zero-order chi connectivity index (χ0) is 9.26. The highest BCUT2D eigenvalue weighted by Crippen LogP contribution is 2.18. The lowest BCUT2D eigenvalue weighted by Gasteiger charge is -2.15. The van der Waals surface area contributed by atoms with E-state index in [1.807, 2.05) is 19.2 Å². The monoisotopic (exact) mass is 193 g/mol. The van der Waals surface area contributed by atoms with Crippen LogP contribution in [0.15, 0.2) is 24.5 Å². The molecule has 0 spiro atoms. The molecule has 1 heterocycles. The molecular formula is C9H11N3S. The molecule has 0 aliphatic heterocycles. The van der Waals surface area contributed by atoms with Crippen LogP contribution in [-0.2, 0) is 0 Å². The Balaban J connectivity index is 2.48. The van der Waals surface area contributed by atoms with Crippen molar-refractivity contribution in [2.45, 2.75) is 0 Å². The summed E-state index contributed by atoms with van der Waals surface area (Å²) in [7, 11) is 2.00. The molecule has 0 aliphatic rings. The molecule has 13 heavy (non-hydrogen) atoms. The molecule has 0 unspecified atom stereocenters. The number of aromatic amines is 1. The zero-order valence-electron chi connectivity index (χ0n) is 7.36. The first-order valence-corrected chi connectivity index (χ1v) is 4.69. The van der Waals surface area contributed by atoms with E-state index in [4.69, 9.17) is 0 Å². The van der Waals surface area contributed by atoms with Crippen LogP contribution in [0.3, 0.4) is 0 Å². The largest absolute Gasteiger partial charge is 0.366 e. The van der Waals surface area contributed by atoms with Gasteiger partial charge in [0.05, 0.1) is 23.2 Å². The van der Waals surface area contributed by atoms with Crippen LogP contribution in [0.4, 0.5) is 5.69 Å². The van der Waals surface area contributed by atoms with Gasteiger partial charge >= 0.3 is 0 Å². The summed E-state index contributed by atoms with van der Waals surface area (Å²) < 4.78 is 0. The van der Waals surface area contributed by atoms with Gasteiger partial charge in [-0.15, -0.1) is 0 Å². The molecule has 3 nitrogen and oxygen atoms in total. The normalized spacial score (nSPS) is 10.6. The van der Waals surface area contributed by atoms with Crippen LogP contribution in [0.5, 0.6) is 0 Å². The van der Waals surface area contributed by atoms with Gasteiger partial charge in [-0.1, -0.05) is 0 Å². The molecule has 0 aliphatic carbocycles. The first-order chi connectivity index (χ1) is 6.31. The molecule has 1 aromatic heterocycles. The molecule has 2 rings (SSSR count). The minimum Gasteiger partial charge on any atom is -0.366 e. The maximum atomic E-state index is 4.21. The highest BCUT2D eigenvalue weighted by molar-refractivity contribution is 7.80. The fourth-order valence-electron chi connectivity index (χ4n) is 1.24. The van der Waals surface area contributed by atoms with E-state index >= 15 is 0 Å². The molecule has 0 bridgehead atoms. The van der Waals surface area contributed by atoms with Crippen molar-refractivity contribution in [1.82, 2.24) is 9.97 Å². The summed E-state index contributed by atoms with van der Waals surface area (Å²) in [5.74, 6) is 0.708. The van der Waals surface area contributed by atoms with Gasteiger partial charge in [-0.05, 0) is 18.2 Å². The first-order valence-electron chi connectivity index (χ1n) is 4.06. The summed E-state index contributed by atoms with van der Waals surface area (Å²) in [6.07, 6.45) is 1.70. The maximum Gasteiger partial charge on any atom is 0.0931 e. The molecule has 1 N–H and O–H groups in total. The molecule has 0 saturated carbocycles. The van der Waals surface area contributed by atoms with Crippen molar-refractivity contribution in [2.75, 3.05) is 17.8 Å². The Labute approximate surface area is 82.2 Å². The van der Waals surface area contributed by atoms with Gasteiger partial charge < -0.3 is 9.88 Å². The molecule has 68 valence electrons. The Bertz CT molecular complexity index is 410. The average molecular weight is 193 g/mol. The second-order valence-electron chi connectivity index (χ2n) is 2.94. The number of thiol groups is 1. The molecular weight excluding hydrogens is 182 g/mol. The molecule has 4 heteroatoms. The van der Waals surface area contributed by atoms with E-state index in [0.717, 1.165) is 16.7 Å². The predicted molar refractivity (Wildman–Crippen MR) is 58.3 cm³/mol. The van der Waals surface area contributed by atoms with Crippen molar-refractivity contribution in [3.8, 4) is 0 Å². The Morgan fingerprint density at radius 2 is 2.38 bits per heavy atom. The Morgan fingerprint density at radius 3 is 3.15 bits per heavy atom. The van der Waals surface area contributed by atoms with E-state index in [-0.39, 0.29) is 0 Å². The fraction of sp³-hybridized carbons (Fsp3) is 0.222. The van der Waals surface area contributed by atoms with Crippen LogP contribution >= 0.6 is 12.6 Å². The second-order valence-corrected chi connectivity index (χ2v) is 3.23. The Kier molecular flexibility index (Phi) is 2.14. The van der Waals surface area contributed by atoms with Gasteiger partial charge in [0.2, 0.25) is 0 Å². The minimum atomic E-state index is 0.708. The number of H-pyrrole nitrogens is 1. The number of aromatic nitrogens is 2. The van der Waals surface area contributed by atoms with Crippen molar-refractivity contribution in [2.24, 2.45) is 0 Å². The number of nitrogens with zero attached hydrogens (tertiary/aromatic N) is 2. The van der Waals surface area contributed by atoms with Gasteiger partial charge in [-0.25, -0.2) is 4.98 Å². The van der Waals surface area contributed by atoms with Gasteiger partial charge in [-0.2, -0.15) is 12.6 Å². The lowest BCUT2D eigenvalue weighted by Crippen LogP contribution is -2.13. The van der Waals surface area contributed by atoms with E-state index in [2.05, 4.69) is 33.6 Å². The molecule has 0 fully saturated rings. The molecule has 0 radical (unpaired) electrons. The Morgan fingerprint density at radius 1 is 1.54 bits per heavy atom. The third kappa shape index (κ3) is 1.49. The minimum absolute atomic E-state index is 0.708. The standard InChI is InChI=1S/C9H11N3S/c1-12(6-13)7-2-3-8-9(4-7)11-5-10-8/h2-5,13H,6H2,1H3,(H,10,11). The van der Waals surface area contributed by atoms with Gasteiger partial charge in [0.1, 0.15) is 0 Å². The van der Waals surface area contributed by atoms with Crippen molar-refractivity contribution in [3.05, 3.63) is 24.5 Å². The highest BCUT2D eigenvalue weighted by atomic mass is 32.1. The van der Waals surface area contributed by atoms with E-state index < -0.39 is 0 Å². The van der Waals surface area contributed by atoms with Crippen molar-refractivity contribution in [1.29, 1.82) is 0 Å². The topological polar surface area (TPSA) is 31.9 Å². The van der Waals surface area contributed by atoms with Crippen LogP contribution in [0.2, 0.25) is 0 Å². The maximum absolute atomic E-state index is 4.21. The smallest absolute Gasteiger partial charge is 0.0931 e. The highest BCUT2D eigenvalue weighted by Gasteiger charge is 2.00. The average Bonchev–Trinajstić information content (AvgIpc) is 2.63. The van der Waals surface area contributed by atoms with E-state index in [1.165, 1.54) is 0 Å². The molecule has 0 saturated heterocycles. The van der Waals surface area contributed by atoms with Gasteiger partial charge in [0, 0.05) is 12.7 Å². The molecule has 0 amide bonds. The summed E-state index contributed by atoms with van der Waals surface area (Å²) in [4.78, 5) is 9.29. The number of nitrogens with one attached hydrogen (secondary N) is 1. The third-order valence-corrected chi connectivity index (χ3v) is 2.48. The number of rotatable bonds is 2. The molecule has 2 aromatic rings. The lowest BCUT2D eigenvalue weighted by molar-refractivity contribution is 1.10. The van der Waals surface area contributed by atoms with Crippen LogP contribution < -0.4 is 4.90 Å². The summed E-state index contributed by atoms with van der Waals surface area (Å²) in [6.45, 7) is 0. The summed E-state index contributed by atoms with van der Waals surface area (Å²) in [5, 5.41) is 0. The number of fused-ring (bicyclic) bond motifs is 1. The number of imidazole rings is 1. The predicted octanol–water partition coefficient (Wildman–Crippen LogP) is 1.89. The summed E-state index contributed by atoms with van der Waals surface area (Å²) in [5.41, 5.74) is 3.20. The fourth-order valence-corrected chi connectivity index (χ4v) is 1.41. The van der Waals surface area contributed by atoms with E-state index in [1.54, 1.807) is 6.33 Å². The molecule has 1 aromatic carbocycles. The number of anilines is 1. The quantitative estimate of drug-likeness (QED) is 0.564. The van der Waals surface area contributed by atoms with Crippen molar-refractivity contribution in [3.63, 3.8) is 0 Å². The zero-order valence-corrected chi connectivity index (χ0v) is 8.25. The second kappa shape index (κ2) is 3.30. The first kappa shape index (κ1) is 8.44. The van der Waals surface area contributed by atoms with Crippen LogP contribution in [-0.4, -0.2) is 22.9 Å². The third-order valence-electron chi connectivity index (χ3n) is 2.06. The van der Waals surface area contributed by atoms with Gasteiger partial charge in [0.15, 0.2) is 0 Å². The van der Waals surface area contributed by atoms with Crippen LogP contribution in [0, 0.1) is 0 Å². The summed E-state index contributed by atoms with van der Waals surface area (Å²) in [6, 6.07) is 6.11. The Hall–Kier alpha value is -1.16. The number of hydrogen-bond donors (Lipinski definition) is 2. The van der Waals surface area contributed by atoms with Gasteiger partial charge in [0.25, 0.3) is 0 Å². The van der Waals surface area contributed by atoms with Gasteiger partial charge in [-0.3, -0.25) is 0 Å². The molecule has 0 atom stereocenters. The lowest BCUT2D eigenvalue weighted by atomic mass is 10.2. The SMILES string of the molecule is CN(CS)c1ccc2nc[nH]c2c1. The van der Waals surface area contributed by atoms with Crippen molar-refractivity contribution >= 4 is 29.3 Å². The number of hydrogen-bond acceptors (Lipinski definition) is 3. The van der Waals surface area contributed by atoms with Crippen LogP contribution in [0.1, 0.15) is 0 Å². The van der Waals surface area contributed by atoms with Crippen LogP contribution in [0.25, 0.3) is 11.0 Å². The van der Waals surface area contributed by atoms with E-state index in [0.29, 0.717) is 5.88 Å². The van der Waals surface area contributed by atoms with Crippen molar-refractivity contribution < 1.29 is 0 Å². The summed E-state index contributed by atoms with van der Waals surface area (Å²) >= 11 is 4.21. The number of benzene rings is 1. The van der Waals surface area contributed by atoms with E-state index in [9.17, 15) is 0 Å².